The zero-order valence-corrected chi connectivity index (χ0v) is 26.5. The van der Waals surface area contributed by atoms with Crippen LogP contribution in [0.5, 0.6) is 0 Å². The third-order valence-electron chi connectivity index (χ3n) is 8.28. The number of morpholine rings is 1. The van der Waals surface area contributed by atoms with Gasteiger partial charge in [-0.1, -0.05) is 6.08 Å². The summed E-state index contributed by atoms with van der Waals surface area (Å²) in [5.41, 5.74) is 4.96. The zero-order valence-electron chi connectivity index (χ0n) is 25.6. The number of rotatable bonds is 9. The summed E-state index contributed by atoms with van der Waals surface area (Å²) in [6, 6.07) is 0. The Morgan fingerprint density at radius 3 is 2.26 bits per heavy atom. The topological polar surface area (TPSA) is 173 Å². The van der Waals surface area contributed by atoms with Crippen molar-refractivity contribution in [3.8, 4) is 11.4 Å². The molecule has 0 bridgehead atoms. The second-order valence-corrected chi connectivity index (χ2v) is 11.6. The summed E-state index contributed by atoms with van der Waals surface area (Å²) < 4.78 is 33.3. The number of anilines is 3. The van der Waals surface area contributed by atoms with E-state index in [1.54, 1.807) is 16.8 Å². The van der Waals surface area contributed by atoms with Gasteiger partial charge in [0, 0.05) is 77.3 Å². The zero-order chi connectivity index (χ0) is 32.8. The summed E-state index contributed by atoms with van der Waals surface area (Å²) in [4.78, 5) is 56.1. The Hall–Kier alpha value is -4.06. The maximum atomic E-state index is 13.9. The first-order chi connectivity index (χ1) is 22.1. The average Bonchev–Trinajstić information content (AvgIpc) is 3.08. The molecule has 3 aliphatic rings. The number of hydrogen-bond acceptors (Lipinski definition) is 14. The number of piperidine rings is 1. The molecule has 46 heavy (non-hydrogen) atoms. The average molecular weight is 663 g/mol. The molecule has 15 nitrogen and oxygen atoms in total. The Balaban J connectivity index is 1.23. The number of amides is 2. The molecule has 0 aromatic carbocycles. The summed E-state index contributed by atoms with van der Waals surface area (Å²) in [6.45, 7) is 4.35. The molecule has 2 N–H and O–H groups in total. The van der Waals surface area contributed by atoms with Crippen LogP contribution in [0.1, 0.15) is 25.0 Å². The Kier molecular flexibility index (Phi) is 10.9. The van der Waals surface area contributed by atoms with Gasteiger partial charge in [0.2, 0.25) is 29.7 Å². The van der Waals surface area contributed by atoms with E-state index in [-0.39, 0.29) is 53.4 Å². The van der Waals surface area contributed by atoms with Crippen LogP contribution in [0.3, 0.4) is 0 Å². The smallest absolute Gasteiger partial charge is 0.281 e. The van der Waals surface area contributed by atoms with Crippen molar-refractivity contribution in [2.45, 2.75) is 19.3 Å². The summed E-state index contributed by atoms with van der Waals surface area (Å²) in [6.07, 6.45) is 0.862. The molecule has 2 amide bonds. The number of nitrogens with two attached hydrogens (primary N) is 1. The predicted octanol–water partition coefficient (Wildman–Crippen LogP) is -0.364. The molecule has 5 rings (SSSR count). The number of alkyl halides is 2. The van der Waals surface area contributed by atoms with E-state index in [1.807, 2.05) is 9.80 Å². The fourth-order valence-corrected chi connectivity index (χ4v) is 5.83. The minimum Gasteiger partial charge on any atom is -0.861 e. The van der Waals surface area contributed by atoms with Gasteiger partial charge < -0.3 is 40.1 Å². The molecule has 3 aliphatic heterocycles. The number of nitrogens with zero attached hydrogens (tertiary/aromatic N) is 10. The van der Waals surface area contributed by atoms with E-state index in [4.69, 9.17) is 10.5 Å². The Bertz CT molecular complexity index is 1420. The van der Waals surface area contributed by atoms with Crippen molar-refractivity contribution in [2.75, 3.05) is 100 Å². The van der Waals surface area contributed by atoms with Crippen LogP contribution in [0.2, 0.25) is 0 Å². The quantitative estimate of drug-likeness (QED) is 0.264. The Morgan fingerprint density at radius 2 is 1.65 bits per heavy atom. The number of carbonyl (C=O) groups is 2. The van der Waals surface area contributed by atoms with E-state index in [0.717, 1.165) is 0 Å². The number of carbonyl (C=O) groups excluding carboxylic acids is 2. The maximum absolute atomic E-state index is 13.9. The SMILES string of the molecule is CN(CC(=O)N1CCN(c2nc(-c3cnc(N)nc3C(F)F)nc(N3CCOCC3)n2)CC1)C(=O)C1CCN(/C([O-])=C\CS)CC1. The minimum absolute atomic E-state index is 0.00419. The van der Waals surface area contributed by atoms with E-state index in [2.05, 4.69) is 37.5 Å². The van der Waals surface area contributed by atoms with Gasteiger partial charge >= 0.3 is 0 Å². The summed E-state index contributed by atoms with van der Waals surface area (Å²) in [7, 11) is 1.62. The van der Waals surface area contributed by atoms with E-state index in [0.29, 0.717) is 90.1 Å². The van der Waals surface area contributed by atoms with E-state index >= 15 is 0 Å². The first-order valence-electron chi connectivity index (χ1n) is 15.1. The summed E-state index contributed by atoms with van der Waals surface area (Å²) >= 11 is 4.06. The standard InChI is InChI=1S/C28H39F2N11O4S/c1-37(25(44)18-2-5-38(6-3-18)20(42)4-15-46)17-21(43)39-7-9-40(10-8-39)27-34-24(19-16-32-26(31)33-22(19)23(29)30)35-28(36-27)41-11-13-45-14-12-41/h4,16,18,23,42,46H,2-3,5-15,17H2,1H3,(H2,31,32,33)/p-1/b20-4+. The lowest BCUT2D eigenvalue weighted by Crippen LogP contribution is -2.52. The van der Waals surface area contributed by atoms with Gasteiger partial charge in [-0.15, -0.1) is 0 Å². The van der Waals surface area contributed by atoms with Gasteiger partial charge in [0.25, 0.3) is 6.43 Å². The lowest BCUT2D eigenvalue weighted by atomic mass is 9.95. The second kappa shape index (κ2) is 15.0. The number of likely N-dealkylation sites (N-methyl/N-ethyl adjacent to an activating group) is 1. The van der Waals surface area contributed by atoms with Gasteiger partial charge in [0.05, 0.1) is 25.3 Å². The highest BCUT2D eigenvalue weighted by Crippen LogP contribution is 2.30. The molecular formula is C28H38F2N11O4S-. The molecule has 3 saturated heterocycles. The van der Waals surface area contributed by atoms with Gasteiger partial charge in [-0.2, -0.15) is 27.6 Å². The number of aromatic nitrogens is 5. The van der Waals surface area contributed by atoms with Crippen LogP contribution in [-0.2, 0) is 14.3 Å². The van der Waals surface area contributed by atoms with E-state index in [9.17, 15) is 23.5 Å². The molecule has 3 fully saturated rings. The maximum Gasteiger partial charge on any atom is 0.281 e. The largest absolute Gasteiger partial charge is 0.861 e. The van der Waals surface area contributed by atoms with Crippen LogP contribution < -0.4 is 20.6 Å². The normalized spacial score (nSPS) is 18.3. The third kappa shape index (κ3) is 7.83. The van der Waals surface area contributed by atoms with Crippen LogP contribution in [0.4, 0.5) is 26.6 Å². The monoisotopic (exact) mass is 662 g/mol. The van der Waals surface area contributed by atoms with Crippen LogP contribution in [-0.4, -0.2) is 136 Å². The van der Waals surface area contributed by atoms with Crippen LogP contribution >= 0.6 is 12.6 Å². The Morgan fingerprint density at radius 1 is 1.02 bits per heavy atom. The van der Waals surface area contributed by atoms with Crippen molar-refractivity contribution in [3.63, 3.8) is 0 Å². The van der Waals surface area contributed by atoms with Crippen molar-refractivity contribution in [1.29, 1.82) is 0 Å². The van der Waals surface area contributed by atoms with Crippen molar-refractivity contribution >= 4 is 42.3 Å². The number of hydrogen-bond donors (Lipinski definition) is 2. The van der Waals surface area contributed by atoms with Gasteiger partial charge in [-0.05, 0) is 18.7 Å². The predicted molar refractivity (Wildman–Crippen MR) is 166 cm³/mol. The molecule has 0 spiro atoms. The lowest BCUT2D eigenvalue weighted by molar-refractivity contribution is -0.334. The highest BCUT2D eigenvalue weighted by molar-refractivity contribution is 7.80. The summed E-state index contributed by atoms with van der Waals surface area (Å²) in [5, 5.41) is 12.1. The number of piperazine rings is 1. The van der Waals surface area contributed by atoms with Crippen LogP contribution in [0.15, 0.2) is 18.2 Å². The highest BCUT2D eigenvalue weighted by Gasteiger charge is 2.31. The van der Waals surface area contributed by atoms with Crippen molar-refractivity contribution in [2.24, 2.45) is 5.92 Å². The molecule has 0 unspecified atom stereocenters. The highest BCUT2D eigenvalue weighted by atomic mass is 32.1. The van der Waals surface area contributed by atoms with Crippen molar-refractivity contribution < 1.29 is 28.2 Å². The Labute approximate surface area is 270 Å². The number of ether oxygens (including phenoxy) is 1. The molecule has 0 saturated carbocycles. The molecule has 0 atom stereocenters. The molecule has 18 heteroatoms. The molecule has 0 radical (unpaired) electrons. The van der Waals surface area contributed by atoms with Crippen molar-refractivity contribution in [3.05, 3.63) is 23.8 Å². The lowest BCUT2D eigenvalue weighted by Gasteiger charge is -2.39. The minimum atomic E-state index is -2.93. The fourth-order valence-electron chi connectivity index (χ4n) is 5.67. The first-order valence-corrected chi connectivity index (χ1v) is 15.8. The van der Waals surface area contributed by atoms with Crippen LogP contribution in [0, 0.1) is 5.92 Å². The van der Waals surface area contributed by atoms with Crippen LogP contribution in [0.25, 0.3) is 11.4 Å². The van der Waals surface area contributed by atoms with Gasteiger partial charge in [0.1, 0.15) is 5.69 Å². The molecule has 5 heterocycles. The number of nitrogen functional groups attached to an aromatic ring is 1. The number of thiol groups is 1. The van der Waals surface area contributed by atoms with Gasteiger partial charge in [-0.3, -0.25) is 9.59 Å². The molecule has 2 aromatic rings. The van der Waals surface area contributed by atoms with Gasteiger partial charge in [0.15, 0.2) is 5.82 Å². The number of halogens is 2. The van der Waals surface area contributed by atoms with E-state index < -0.39 is 12.1 Å². The van der Waals surface area contributed by atoms with Crippen molar-refractivity contribution in [1.82, 2.24) is 39.6 Å². The van der Waals surface area contributed by atoms with Gasteiger partial charge in [-0.25, -0.2) is 18.7 Å². The van der Waals surface area contributed by atoms with E-state index in [1.165, 1.54) is 17.2 Å². The third-order valence-corrected chi connectivity index (χ3v) is 8.46. The number of likely N-dealkylation sites (tertiary alicyclic amines) is 1. The fraction of sp³-hybridized carbons (Fsp3) is 0.607. The first kappa shape index (κ1) is 33.3. The molecule has 0 aliphatic carbocycles. The molecular weight excluding hydrogens is 624 g/mol. The second-order valence-electron chi connectivity index (χ2n) is 11.2. The molecule has 250 valence electrons. The molecule has 2 aromatic heterocycles. The summed E-state index contributed by atoms with van der Waals surface area (Å²) in [5.74, 6) is 0.0544.